The molecule has 0 saturated heterocycles. The van der Waals surface area contributed by atoms with E-state index in [4.69, 9.17) is 0 Å². The van der Waals surface area contributed by atoms with Gasteiger partial charge in [-0.2, -0.15) is 5.70 Å². The molecule has 0 aliphatic heterocycles. The second kappa shape index (κ2) is 11.1. The van der Waals surface area contributed by atoms with Crippen LogP contribution in [0, 0.1) is 0 Å². The van der Waals surface area contributed by atoms with E-state index in [1.165, 1.54) is 4.91 Å². The molecule has 0 N–H and O–H groups in total. The third-order valence-electron chi connectivity index (χ3n) is 3.15. The first-order valence-electron chi connectivity index (χ1n) is 8.55. The Balaban J connectivity index is 0.000000450. The molecule has 1 radical (unpaired) electrons. The molecule has 0 fully saturated rings. The summed E-state index contributed by atoms with van der Waals surface area (Å²) >= 11 is 2.79. The Morgan fingerprint density at radius 1 is 0.960 bits per heavy atom. The molecule has 0 aliphatic rings. The molecule has 0 spiro atoms. The van der Waals surface area contributed by atoms with E-state index in [0.29, 0.717) is 0 Å². The van der Waals surface area contributed by atoms with E-state index in [-0.39, 0.29) is 0 Å². The van der Waals surface area contributed by atoms with Crippen LogP contribution < -0.4 is 0 Å². The molecule has 2 rings (SSSR count). The van der Waals surface area contributed by atoms with E-state index < -0.39 is 8.07 Å². The standard InChI is InChI=1S/C17H17N2.C4H11Si.Al/c1-14(18-16-9-5-3-6-10-16)13-15(2)19-17-11-7-4-8-12-17;1-5(2,3)4;/h3-13H,1-2H3;1H2,2-4H3;/q-1;;+1/b14-13-,19-15?;;. The van der Waals surface area contributed by atoms with Crippen molar-refractivity contribution in [1.29, 1.82) is 0 Å². The predicted octanol–water partition coefficient (Wildman–Crippen LogP) is 6.84. The summed E-state index contributed by atoms with van der Waals surface area (Å²) in [4.78, 5) is 5.85. The molecule has 2 aromatic rings. The second-order valence-electron chi connectivity index (χ2n) is 7.09. The molecule has 25 heavy (non-hydrogen) atoms. The number of hydrogen-bond donors (Lipinski definition) is 0. The number of para-hydroxylation sites is 2. The van der Waals surface area contributed by atoms with Crippen molar-refractivity contribution >= 4 is 41.5 Å². The average molecular weight is 364 g/mol. The number of allylic oxidation sites excluding steroid dienone is 2. The Bertz CT molecular complexity index is 674. The van der Waals surface area contributed by atoms with Crippen molar-refractivity contribution < 1.29 is 0 Å². The van der Waals surface area contributed by atoms with Crippen LogP contribution in [0.4, 0.5) is 11.4 Å². The van der Waals surface area contributed by atoms with E-state index in [1.54, 1.807) is 0 Å². The molecular formula is C21H28AlN2Si. The number of nitrogens with zero attached hydrogens (tertiary/aromatic N) is 2. The van der Waals surface area contributed by atoms with Gasteiger partial charge in [0.15, 0.2) is 0 Å². The number of hydrogen-bond acceptors (Lipinski definition) is 1. The summed E-state index contributed by atoms with van der Waals surface area (Å²) in [6.45, 7) is 11.0. The Morgan fingerprint density at radius 2 is 1.44 bits per heavy atom. The van der Waals surface area contributed by atoms with Gasteiger partial charge in [0.1, 0.15) is 0 Å². The molecule has 0 unspecified atom stereocenters. The van der Waals surface area contributed by atoms with E-state index in [9.17, 15) is 0 Å². The minimum absolute atomic E-state index is 0.668. The summed E-state index contributed by atoms with van der Waals surface area (Å²) in [5.74, 6) is 0. The molecule has 129 valence electrons. The summed E-state index contributed by atoms with van der Waals surface area (Å²) in [6.07, 6.45) is 1.99. The summed E-state index contributed by atoms with van der Waals surface area (Å²) in [5.41, 5.74) is 3.82. The van der Waals surface area contributed by atoms with Gasteiger partial charge in [0.25, 0.3) is 0 Å². The van der Waals surface area contributed by atoms with Crippen LogP contribution in [0.5, 0.6) is 0 Å². The molecule has 0 aromatic heterocycles. The van der Waals surface area contributed by atoms with E-state index in [1.807, 2.05) is 80.6 Å². The van der Waals surface area contributed by atoms with Gasteiger partial charge in [-0.15, -0.1) is 5.69 Å². The maximum absolute atomic E-state index is 4.52. The molecule has 2 aromatic carbocycles. The Hall–Kier alpha value is -1.60. The summed E-state index contributed by atoms with van der Waals surface area (Å²) in [7, 11) is -0.668. The molecule has 4 heteroatoms. The van der Waals surface area contributed by atoms with Crippen LogP contribution in [0.15, 0.2) is 77.4 Å². The molecule has 0 heterocycles. The number of rotatable bonds is 5. The monoisotopic (exact) mass is 363 g/mol. The Morgan fingerprint density at radius 3 is 1.92 bits per heavy atom. The van der Waals surface area contributed by atoms with Crippen LogP contribution in [0.2, 0.25) is 24.5 Å². The fraction of sp³-hybridized carbons (Fsp3) is 0.286. The Kier molecular flexibility index (Phi) is 9.52. The summed E-state index contributed by atoms with van der Waals surface area (Å²) in [5, 5.41) is 4.52. The molecule has 0 bridgehead atoms. The normalized spacial score (nSPS) is 12.2. The summed E-state index contributed by atoms with van der Waals surface area (Å²) in [6, 6.07) is 19.9. The quantitative estimate of drug-likeness (QED) is 0.411. The molecule has 0 saturated carbocycles. The van der Waals surface area contributed by atoms with Gasteiger partial charge in [0.2, 0.25) is 0 Å². The fourth-order valence-electron chi connectivity index (χ4n) is 1.78. The van der Waals surface area contributed by atoms with Crippen molar-refractivity contribution in [3.63, 3.8) is 0 Å². The zero-order valence-electron chi connectivity index (χ0n) is 16.0. The van der Waals surface area contributed by atoms with Crippen molar-refractivity contribution in [3.8, 4) is 0 Å². The van der Waals surface area contributed by atoms with E-state index in [0.717, 1.165) is 22.8 Å². The van der Waals surface area contributed by atoms with Gasteiger partial charge in [-0.05, 0) is 19.1 Å². The van der Waals surface area contributed by atoms with E-state index in [2.05, 4.69) is 46.2 Å². The van der Waals surface area contributed by atoms with Gasteiger partial charge in [-0.3, -0.25) is 4.99 Å². The Labute approximate surface area is 162 Å². The molecule has 0 amide bonds. The fourth-order valence-corrected chi connectivity index (χ4v) is 1.78. The van der Waals surface area contributed by atoms with Crippen LogP contribution >= 0.6 is 0 Å². The zero-order chi connectivity index (χ0) is 18.7. The number of benzene rings is 2. The van der Waals surface area contributed by atoms with Crippen LogP contribution in [-0.4, -0.2) is 30.1 Å². The first kappa shape index (κ1) is 21.4. The van der Waals surface area contributed by atoms with Crippen molar-refractivity contribution in [2.75, 3.05) is 0 Å². The molecule has 2 nitrogen and oxygen atoms in total. The first-order chi connectivity index (χ1) is 11.8. The van der Waals surface area contributed by atoms with Crippen molar-refractivity contribution in [2.45, 2.75) is 38.4 Å². The average Bonchev–Trinajstić information content (AvgIpc) is 2.56. The van der Waals surface area contributed by atoms with Gasteiger partial charge in [0, 0.05) is 5.71 Å². The first-order valence-corrected chi connectivity index (χ1v) is 13.1. The van der Waals surface area contributed by atoms with Gasteiger partial charge in [0.05, 0.1) is 5.69 Å². The zero-order valence-corrected chi connectivity index (χ0v) is 18.2. The molecule has 0 atom stereocenters. The van der Waals surface area contributed by atoms with E-state index >= 15 is 0 Å². The van der Waals surface area contributed by atoms with Gasteiger partial charge in [-0.25, -0.2) is 0 Å². The SMILES string of the molecule is CC(/C=C(/C)[N-]c1ccccc1)=Nc1ccccc1.C[Si](C)(C)[CH2][Al+]. The third kappa shape index (κ3) is 10.8. The molecular weight excluding hydrogens is 335 g/mol. The van der Waals surface area contributed by atoms with Crippen LogP contribution in [0.3, 0.4) is 0 Å². The van der Waals surface area contributed by atoms with Crippen molar-refractivity contribution in [1.82, 2.24) is 0 Å². The van der Waals surface area contributed by atoms with Gasteiger partial charge >= 0.3 is 48.9 Å². The maximum atomic E-state index is 4.52. The van der Waals surface area contributed by atoms with Gasteiger partial charge < -0.3 is 5.32 Å². The molecule has 0 aliphatic carbocycles. The number of aliphatic imine (C=N–C) groups is 1. The minimum atomic E-state index is -0.668. The van der Waals surface area contributed by atoms with Crippen LogP contribution in [-0.2, 0) is 0 Å². The predicted molar refractivity (Wildman–Crippen MR) is 116 cm³/mol. The second-order valence-corrected chi connectivity index (χ2v) is 13.8. The van der Waals surface area contributed by atoms with Gasteiger partial charge in [-0.1, -0.05) is 61.5 Å². The van der Waals surface area contributed by atoms with Crippen molar-refractivity contribution in [3.05, 3.63) is 77.8 Å². The topological polar surface area (TPSA) is 26.5 Å². The van der Waals surface area contributed by atoms with Crippen molar-refractivity contribution in [2.24, 2.45) is 4.99 Å². The van der Waals surface area contributed by atoms with Crippen LogP contribution in [0.1, 0.15) is 13.8 Å². The summed E-state index contributed by atoms with van der Waals surface area (Å²) < 4.78 is 0. The van der Waals surface area contributed by atoms with Crippen LogP contribution in [0.25, 0.3) is 5.32 Å². The third-order valence-corrected chi connectivity index (χ3v) is 8.05.